The first kappa shape index (κ1) is 20.9. The van der Waals surface area contributed by atoms with Crippen molar-refractivity contribution >= 4 is 21.6 Å². The van der Waals surface area contributed by atoms with E-state index in [0.29, 0.717) is 37.5 Å². The van der Waals surface area contributed by atoms with Crippen molar-refractivity contribution in [3.8, 4) is 0 Å². The lowest BCUT2D eigenvalue weighted by atomic mass is 10.1. The Hall–Kier alpha value is -2.38. The number of para-hydroxylation sites is 1. The summed E-state index contributed by atoms with van der Waals surface area (Å²) in [6.45, 7) is 4.24. The predicted octanol–water partition coefficient (Wildman–Crippen LogP) is 2.75. The third kappa shape index (κ3) is 4.68. The molecule has 160 valence electrons. The van der Waals surface area contributed by atoms with Crippen LogP contribution in [-0.4, -0.2) is 62.8 Å². The van der Waals surface area contributed by atoms with Crippen LogP contribution in [0.1, 0.15) is 24.8 Å². The lowest BCUT2D eigenvalue weighted by molar-refractivity contribution is -0.130. The molecule has 0 atom stereocenters. The molecule has 2 saturated heterocycles. The molecule has 4 rings (SSSR count). The zero-order chi connectivity index (χ0) is 21.0. The molecule has 0 bridgehead atoms. The van der Waals surface area contributed by atoms with Crippen LogP contribution < -0.4 is 4.90 Å². The van der Waals surface area contributed by atoms with E-state index in [1.807, 2.05) is 23.1 Å². The SMILES string of the molecule is O=C(Cc1ccc(S(=O)(=O)N2CCCCC2)cc1)N1CCN(c2ccccc2)CC1. The second-order valence-corrected chi connectivity index (χ2v) is 9.93. The third-order valence-corrected chi connectivity index (χ3v) is 7.90. The average molecular weight is 428 g/mol. The number of carbonyl (C=O) groups is 1. The molecule has 2 aromatic rings. The molecule has 0 aliphatic carbocycles. The average Bonchev–Trinajstić information content (AvgIpc) is 2.81. The molecule has 0 saturated carbocycles. The van der Waals surface area contributed by atoms with Gasteiger partial charge in [0.25, 0.3) is 0 Å². The molecule has 2 aliphatic heterocycles. The molecule has 2 heterocycles. The number of sulfonamides is 1. The molecule has 0 unspecified atom stereocenters. The molecule has 7 heteroatoms. The fraction of sp³-hybridized carbons (Fsp3) is 0.435. The summed E-state index contributed by atoms with van der Waals surface area (Å²) in [5.41, 5.74) is 2.04. The van der Waals surface area contributed by atoms with Crippen LogP contribution in [0.2, 0.25) is 0 Å². The summed E-state index contributed by atoms with van der Waals surface area (Å²) in [5.74, 6) is 0.0920. The number of piperazine rings is 1. The summed E-state index contributed by atoms with van der Waals surface area (Å²) in [6, 6.07) is 17.1. The van der Waals surface area contributed by atoms with Gasteiger partial charge < -0.3 is 9.80 Å². The standard InChI is InChI=1S/C23H29N3O3S/c27-23(25-17-15-24(16-18-25)21-7-3-1-4-8-21)19-20-9-11-22(12-10-20)30(28,29)26-13-5-2-6-14-26/h1,3-4,7-12H,2,5-6,13-19H2. The van der Waals surface area contributed by atoms with Crippen LogP contribution in [0.4, 0.5) is 5.69 Å². The maximum absolute atomic E-state index is 12.8. The van der Waals surface area contributed by atoms with Gasteiger partial charge >= 0.3 is 0 Å². The van der Waals surface area contributed by atoms with Crippen molar-refractivity contribution in [2.24, 2.45) is 0 Å². The fourth-order valence-electron chi connectivity index (χ4n) is 4.17. The molecule has 2 aliphatic rings. The Morgan fingerprint density at radius 2 is 1.40 bits per heavy atom. The minimum atomic E-state index is -3.43. The highest BCUT2D eigenvalue weighted by Crippen LogP contribution is 2.21. The molecule has 2 fully saturated rings. The van der Waals surface area contributed by atoms with Crippen LogP contribution in [0.5, 0.6) is 0 Å². The van der Waals surface area contributed by atoms with Crippen molar-refractivity contribution in [1.29, 1.82) is 0 Å². The largest absolute Gasteiger partial charge is 0.368 e. The van der Waals surface area contributed by atoms with Gasteiger partial charge in [-0.1, -0.05) is 36.8 Å². The number of carbonyl (C=O) groups excluding carboxylic acids is 1. The van der Waals surface area contributed by atoms with Gasteiger partial charge in [0, 0.05) is 45.0 Å². The van der Waals surface area contributed by atoms with Crippen molar-refractivity contribution in [2.45, 2.75) is 30.6 Å². The van der Waals surface area contributed by atoms with Crippen LogP contribution in [0.25, 0.3) is 0 Å². The topological polar surface area (TPSA) is 60.9 Å². The number of hydrogen-bond donors (Lipinski definition) is 0. The summed E-state index contributed by atoms with van der Waals surface area (Å²) in [5, 5.41) is 0. The first-order valence-electron chi connectivity index (χ1n) is 10.7. The van der Waals surface area contributed by atoms with Gasteiger partial charge in [0.05, 0.1) is 11.3 Å². The van der Waals surface area contributed by atoms with Crippen molar-refractivity contribution in [3.05, 3.63) is 60.2 Å². The molecule has 1 amide bonds. The van der Waals surface area contributed by atoms with Crippen LogP contribution >= 0.6 is 0 Å². The van der Waals surface area contributed by atoms with Gasteiger partial charge in [-0.05, 0) is 42.7 Å². The monoisotopic (exact) mass is 427 g/mol. The highest BCUT2D eigenvalue weighted by Gasteiger charge is 2.26. The van der Waals surface area contributed by atoms with Crippen LogP contribution in [-0.2, 0) is 21.2 Å². The Balaban J connectivity index is 1.33. The van der Waals surface area contributed by atoms with Crippen LogP contribution in [0.15, 0.2) is 59.5 Å². The summed E-state index contributed by atoms with van der Waals surface area (Å²) in [6.07, 6.45) is 3.23. The number of benzene rings is 2. The minimum Gasteiger partial charge on any atom is -0.368 e. The van der Waals surface area contributed by atoms with Gasteiger partial charge in [0.15, 0.2) is 0 Å². The molecule has 0 aromatic heterocycles. The van der Waals surface area contributed by atoms with Gasteiger partial charge in [-0.3, -0.25) is 4.79 Å². The third-order valence-electron chi connectivity index (χ3n) is 5.99. The Morgan fingerprint density at radius 3 is 2.03 bits per heavy atom. The number of nitrogens with zero attached hydrogens (tertiary/aromatic N) is 3. The number of amides is 1. The van der Waals surface area contributed by atoms with Crippen LogP contribution in [0, 0.1) is 0 Å². The maximum atomic E-state index is 12.8. The molecule has 30 heavy (non-hydrogen) atoms. The molecular weight excluding hydrogens is 398 g/mol. The number of piperidine rings is 1. The van der Waals surface area contributed by atoms with Crippen molar-refractivity contribution < 1.29 is 13.2 Å². The second-order valence-electron chi connectivity index (χ2n) is 7.99. The van der Waals surface area contributed by atoms with E-state index in [2.05, 4.69) is 17.0 Å². The maximum Gasteiger partial charge on any atom is 0.243 e. The highest BCUT2D eigenvalue weighted by atomic mass is 32.2. The molecular formula is C23H29N3O3S. The summed E-state index contributed by atoms with van der Waals surface area (Å²) >= 11 is 0. The number of hydrogen-bond acceptors (Lipinski definition) is 4. The quantitative estimate of drug-likeness (QED) is 0.736. The Kier molecular flexibility index (Phi) is 6.39. The van der Waals surface area contributed by atoms with E-state index in [0.717, 1.165) is 37.9 Å². The Morgan fingerprint density at radius 1 is 0.767 bits per heavy atom. The Bertz CT molecular complexity index is 947. The van der Waals surface area contributed by atoms with Crippen molar-refractivity contribution in [3.63, 3.8) is 0 Å². The minimum absolute atomic E-state index is 0.0920. The molecule has 6 nitrogen and oxygen atoms in total. The van der Waals surface area contributed by atoms with E-state index in [4.69, 9.17) is 0 Å². The number of anilines is 1. The summed E-state index contributed by atoms with van der Waals surface area (Å²) in [7, 11) is -3.43. The first-order valence-corrected chi connectivity index (χ1v) is 12.1. The lowest BCUT2D eigenvalue weighted by Gasteiger charge is -2.36. The number of rotatable bonds is 5. The molecule has 0 N–H and O–H groups in total. The van der Waals surface area contributed by atoms with E-state index in [1.165, 1.54) is 5.69 Å². The normalized spacial score (nSPS) is 18.4. The van der Waals surface area contributed by atoms with Gasteiger partial charge in [-0.15, -0.1) is 0 Å². The van der Waals surface area contributed by atoms with Crippen molar-refractivity contribution in [2.75, 3.05) is 44.2 Å². The van der Waals surface area contributed by atoms with E-state index < -0.39 is 10.0 Å². The van der Waals surface area contributed by atoms with E-state index in [1.54, 1.807) is 28.6 Å². The van der Waals surface area contributed by atoms with Gasteiger partial charge in [-0.2, -0.15) is 4.31 Å². The Labute approximate surface area is 179 Å². The predicted molar refractivity (Wildman–Crippen MR) is 118 cm³/mol. The first-order chi connectivity index (χ1) is 14.5. The molecule has 2 aromatic carbocycles. The van der Waals surface area contributed by atoms with Crippen LogP contribution in [0.3, 0.4) is 0 Å². The van der Waals surface area contributed by atoms with Gasteiger partial charge in [0.1, 0.15) is 0 Å². The van der Waals surface area contributed by atoms with Gasteiger partial charge in [0.2, 0.25) is 15.9 Å². The lowest BCUT2D eigenvalue weighted by Crippen LogP contribution is -2.49. The van der Waals surface area contributed by atoms with E-state index in [9.17, 15) is 13.2 Å². The smallest absolute Gasteiger partial charge is 0.243 e. The summed E-state index contributed by atoms with van der Waals surface area (Å²) < 4.78 is 27.1. The highest BCUT2D eigenvalue weighted by molar-refractivity contribution is 7.89. The van der Waals surface area contributed by atoms with Gasteiger partial charge in [-0.25, -0.2) is 8.42 Å². The molecule has 0 radical (unpaired) electrons. The second kappa shape index (κ2) is 9.18. The summed E-state index contributed by atoms with van der Waals surface area (Å²) in [4.78, 5) is 17.2. The van der Waals surface area contributed by atoms with E-state index >= 15 is 0 Å². The van der Waals surface area contributed by atoms with Crippen molar-refractivity contribution in [1.82, 2.24) is 9.21 Å². The zero-order valence-electron chi connectivity index (χ0n) is 17.2. The zero-order valence-corrected chi connectivity index (χ0v) is 18.1. The van der Waals surface area contributed by atoms with E-state index in [-0.39, 0.29) is 5.91 Å². The molecule has 0 spiro atoms. The fourth-order valence-corrected chi connectivity index (χ4v) is 5.69.